The Morgan fingerprint density at radius 3 is 2.47 bits per heavy atom. The van der Waals surface area contributed by atoms with Crippen molar-refractivity contribution in [2.24, 2.45) is 5.92 Å². The predicted molar refractivity (Wildman–Crippen MR) is 73.4 cm³/mol. The van der Waals surface area contributed by atoms with Crippen molar-refractivity contribution in [3.8, 4) is 0 Å². The zero-order valence-electron chi connectivity index (χ0n) is 11.9. The van der Waals surface area contributed by atoms with E-state index in [9.17, 15) is 0 Å². The summed E-state index contributed by atoms with van der Waals surface area (Å²) in [6, 6.07) is 0.501. The molecule has 3 heteroatoms. The van der Waals surface area contributed by atoms with Crippen LogP contribution in [0.2, 0.25) is 0 Å². The second-order valence-corrected chi connectivity index (χ2v) is 5.52. The molecular formula is C14H30N2O. The van der Waals surface area contributed by atoms with Gasteiger partial charge in [-0.3, -0.25) is 0 Å². The Morgan fingerprint density at radius 2 is 1.88 bits per heavy atom. The maximum absolute atomic E-state index is 5.24. The minimum atomic E-state index is 0.501. The summed E-state index contributed by atoms with van der Waals surface area (Å²) >= 11 is 0. The van der Waals surface area contributed by atoms with Gasteiger partial charge in [0.05, 0.1) is 6.61 Å². The van der Waals surface area contributed by atoms with Gasteiger partial charge in [0.15, 0.2) is 0 Å². The standard InChI is InChI=1S/C14H30N2O/c1-13(2)14(12-17-3)15-8-7-11-16-9-5-4-6-10-16/h13-15H,4-12H2,1-3H3. The third-order valence-electron chi connectivity index (χ3n) is 3.66. The fraction of sp³-hybridized carbons (Fsp3) is 1.00. The zero-order valence-corrected chi connectivity index (χ0v) is 11.9. The number of nitrogens with zero attached hydrogens (tertiary/aromatic N) is 1. The van der Waals surface area contributed by atoms with Crippen molar-refractivity contribution in [2.75, 3.05) is 39.9 Å². The number of hydrogen-bond acceptors (Lipinski definition) is 3. The molecule has 1 atom stereocenters. The van der Waals surface area contributed by atoms with Crippen LogP contribution in [0.15, 0.2) is 0 Å². The van der Waals surface area contributed by atoms with E-state index in [0.717, 1.165) is 13.2 Å². The van der Waals surface area contributed by atoms with E-state index < -0.39 is 0 Å². The largest absolute Gasteiger partial charge is 0.383 e. The molecule has 1 saturated heterocycles. The summed E-state index contributed by atoms with van der Waals surface area (Å²) in [5.41, 5.74) is 0. The molecule has 0 aromatic carbocycles. The topological polar surface area (TPSA) is 24.5 Å². The maximum Gasteiger partial charge on any atom is 0.0618 e. The first-order chi connectivity index (χ1) is 8.24. The highest BCUT2D eigenvalue weighted by Crippen LogP contribution is 2.08. The molecular weight excluding hydrogens is 212 g/mol. The fourth-order valence-corrected chi connectivity index (χ4v) is 2.44. The summed E-state index contributed by atoms with van der Waals surface area (Å²) in [5, 5.41) is 3.61. The van der Waals surface area contributed by atoms with Gasteiger partial charge < -0.3 is 15.0 Å². The Morgan fingerprint density at radius 1 is 1.18 bits per heavy atom. The van der Waals surface area contributed by atoms with Gasteiger partial charge in [-0.05, 0) is 51.4 Å². The molecule has 0 saturated carbocycles. The Balaban J connectivity index is 2.04. The van der Waals surface area contributed by atoms with E-state index in [4.69, 9.17) is 4.74 Å². The summed E-state index contributed by atoms with van der Waals surface area (Å²) in [7, 11) is 1.78. The number of piperidine rings is 1. The molecule has 1 rings (SSSR count). The van der Waals surface area contributed by atoms with Gasteiger partial charge in [-0.15, -0.1) is 0 Å². The average molecular weight is 242 g/mol. The van der Waals surface area contributed by atoms with Crippen LogP contribution in [0.3, 0.4) is 0 Å². The van der Waals surface area contributed by atoms with E-state index >= 15 is 0 Å². The van der Waals surface area contributed by atoms with Crippen LogP contribution in [0.1, 0.15) is 39.5 Å². The highest BCUT2D eigenvalue weighted by molar-refractivity contribution is 4.71. The number of ether oxygens (including phenoxy) is 1. The van der Waals surface area contributed by atoms with Gasteiger partial charge in [0.1, 0.15) is 0 Å². The van der Waals surface area contributed by atoms with Crippen molar-refractivity contribution in [2.45, 2.75) is 45.6 Å². The molecule has 1 aliphatic rings. The van der Waals surface area contributed by atoms with Gasteiger partial charge in [0.2, 0.25) is 0 Å². The van der Waals surface area contributed by atoms with E-state index in [2.05, 4.69) is 24.1 Å². The van der Waals surface area contributed by atoms with Crippen molar-refractivity contribution in [3.05, 3.63) is 0 Å². The van der Waals surface area contributed by atoms with E-state index in [1.54, 1.807) is 7.11 Å². The number of hydrogen-bond donors (Lipinski definition) is 1. The molecule has 17 heavy (non-hydrogen) atoms. The van der Waals surface area contributed by atoms with E-state index in [1.807, 2.05) is 0 Å². The van der Waals surface area contributed by atoms with Crippen LogP contribution in [0.5, 0.6) is 0 Å². The first-order valence-corrected chi connectivity index (χ1v) is 7.18. The molecule has 0 aromatic heterocycles. The smallest absolute Gasteiger partial charge is 0.0618 e. The average Bonchev–Trinajstić information content (AvgIpc) is 2.34. The van der Waals surface area contributed by atoms with Gasteiger partial charge in [-0.2, -0.15) is 0 Å². The van der Waals surface area contributed by atoms with Crippen molar-refractivity contribution in [1.29, 1.82) is 0 Å². The SMILES string of the molecule is COCC(NCCCN1CCCCC1)C(C)C. The van der Waals surface area contributed by atoms with Gasteiger partial charge >= 0.3 is 0 Å². The zero-order chi connectivity index (χ0) is 12.5. The van der Waals surface area contributed by atoms with E-state index in [1.165, 1.54) is 45.3 Å². The van der Waals surface area contributed by atoms with Crippen molar-refractivity contribution in [1.82, 2.24) is 10.2 Å². The molecule has 0 amide bonds. The van der Waals surface area contributed by atoms with Crippen LogP contribution < -0.4 is 5.32 Å². The molecule has 0 radical (unpaired) electrons. The molecule has 1 aliphatic heterocycles. The summed E-state index contributed by atoms with van der Waals surface area (Å²) in [6.45, 7) is 10.3. The molecule has 102 valence electrons. The lowest BCUT2D eigenvalue weighted by molar-refractivity contribution is 0.145. The molecule has 0 bridgehead atoms. The van der Waals surface area contributed by atoms with Gasteiger partial charge in [-0.1, -0.05) is 20.3 Å². The van der Waals surface area contributed by atoms with Gasteiger partial charge in [0.25, 0.3) is 0 Å². The lowest BCUT2D eigenvalue weighted by Crippen LogP contribution is -2.39. The van der Waals surface area contributed by atoms with Crippen molar-refractivity contribution >= 4 is 0 Å². The van der Waals surface area contributed by atoms with Crippen LogP contribution in [0.4, 0.5) is 0 Å². The molecule has 0 spiro atoms. The Bertz CT molecular complexity index is 179. The number of likely N-dealkylation sites (tertiary alicyclic amines) is 1. The van der Waals surface area contributed by atoms with Crippen molar-refractivity contribution < 1.29 is 4.74 Å². The molecule has 1 N–H and O–H groups in total. The molecule has 0 aliphatic carbocycles. The monoisotopic (exact) mass is 242 g/mol. The third-order valence-corrected chi connectivity index (χ3v) is 3.66. The van der Waals surface area contributed by atoms with Crippen LogP contribution >= 0.6 is 0 Å². The molecule has 1 fully saturated rings. The second kappa shape index (κ2) is 8.90. The fourth-order valence-electron chi connectivity index (χ4n) is 2.44. The van der Waals surface area contributed by atoms with E-state index in [-0.39, 0.29) is 0 Å². The van der Waals surface area contributed by atoms with Gasteiger partial charge in [0, 0.05) is 13.2 Å². The Labute approximate surface area is 107 Å². The number of rotatable bonds is 8. The molecule has 1 heterocycles. The van der Waals surface area contributed by atoms with Crippen LogP contribution in [-0.4, -0.2) is 50.8 Å². The summed E-state index contributed by atoms with van der Waals surface area (Å²) in [6.07, 6.45) is 5.47. The minimum absolute atomic E-state index is 0.501. The highest BCUT2D eigenvalue weighted by Gasteiger charge is 2.13. The lowest BCUT2D eigenvalue weighted by atomic mass is 10.1. The summed E-state index contributed by atoms with van der Waals surface area (Å²) < 4.78 is 5.24. The van der Waals surface area contributed by atoms with Crippen LogP contribution in [-0.2, 0) is 4.74 Å². The number of methoxy groups -OCH3 is 1. The molecule has 3 nitrogen and oxygen atoms in total. The molecule has 0 aromatic rings. The summed E-state index contributed by atoms with van der Waals surface area (Å²) in [4.78, 5) is 2.60. The third kappa shape index (κ3) is 6.39. The normalized spacial score (nSPS) is 19.8. The Kier molecular flexibility index (Phi) is 7.82. The predicted octanol–water partition coefficient (Wildman–Crippen LogP) is 2.12. The Hall–Kier alpha value is -0.120. The highest BCUT2D eigenvalue weighted by atomic mass is 16.5. The van der Waals surface area contributed by atoms with E-state index in [0.29, 0.717) is 12.0 Å². The van der Waals surface area contributed by atoms with Crippen molar-refractivity contribution in [3.63, 3.8) is 0 Å². The lowest BCUT2D eigenvalue weighted by Gasteiger charge is -2.27. The first-order valence-electron chi connectivity index (χ1n) is 7.18. The second-order valence-electron chi connectivity index (χ2n) is 5.52. The summed E-state index contributed by atoms with van der Waals surface area (Å²) in [5.74, 6) is 0.643. The first kappa shape index (κ1) is 14.9. The number of nitrogens with one attached hydrogen (secondary N) is 1. The van der Waals surface area contributed by atoms with Gasteiger partial charge in [-0.25, -0.2) is 0 Å². The van der Waals surface area contributed by atoms with Crippen LogP contribution in [0.25, 0.3) is 0 Å². The quantitative estimate of drug-likeness (QED) is 0.660. The maximum atomic E-state index is 5.24. The minimum Gasteiger partial charge on any atom is -0.383 e. The van der Waals surface area contributed by atoms with Crippen LogP contribution in [0, 0.1) is 5.92 Å². The molecule has 1 unspecified atom stereocenters.